The minimum atomic E-state index is -0.112. The van der Waals surface area contributed by atoms with Crippen molar-refractivity contribution in [2.75, 3.05) is 17.2 Å². The van der Waals surface area contributed by atoms with Crippen LogP contribution in [0.4, 0.5) is 11.5 Å². The van der Waals surface area contributed by atoms with Crippen molar-refractivity contribution in [3.8, 4) is 16.9 Å². The highest BCUT2D eigenvalue weighted by Crippen LogP contribution is 2.40. The number of aromatic hydroxyl groups is 1. The van der Waals surface area contributed by atoms with Crippen molar-refractivity contribution in [3.63, 3.8) is 0 Å². The van der Waals surface area contributed by atoms with E-state index in [2.05, 4.69) is 58.7 Å². The number of nitrogens with one attached hydrogen (secondary N) is 2. The number of anilines is 2. The number of aryl methyl sites for hydroxylation is 2. The van der Waals surface area contributed by atoms with Gasteiger partial charge in [0.25, 0.3) is 0 Å². The van der Waals surface area contributed by atoms with E-state index in [9.17, 15) is 9.90 Å². The third-order valence-electron chi connectivity index (χ3n) is 4.80. The van der Waals surface area contributed by atoms with Gasteiger partial charge in [-0.25, -0.2) is 9.97 Å². The Kier molecular flexibility index (Phi) is 5.63. The Morgan fingerprint density at radius 1 is 1.03 bits per heavy atom. The van der Waals surface area contributed by atoms with Crippen LogP contribution in [0.2, 0.25) is 0 Å². The third-order valence-corrected chi connectivity index (χ3v) is 5.81. The molecule has 2 aromatic heterocycles. The van der Waals surface area contributed by atoms with Crippen LogP contribution in [0, 0.1) is 13.8 Å². The number of aromatic nitrogens is 2. The summed E-state index contributed by atoms with van der Waals surface area (Å²) in [5.41, 5.74) is 4.13. The summed E-state index contributed by atoms with van der Waals surface area (Å²) in [4.78, 5) is 23.2. The molecule has 0 unspecified atom stereocenters. The van der Waals surface area contributed by atoms with Crippen LogP contribution in [0.5, 0.6) is 5.75 Å². The van der Waals surface area contributed by atoms with Crippen LogP contribution in [-0.4, -0.2) is 27.5 Å². The van der Waals surface area contributed by atoms with Crippen LogP contribution >= 0.6 is 11.3 Å². The Morgan fingerprint density at radius 2 is 1.77 bits per heavy atom. The zero-order valence-electron chi connectivity index (χ0n) is 16.8. The first-order valence-electron chi connectivity index (χ1n) is 9.65. The molecule has 6 nitrogen and oxygen atoms in total. The van der Waals surface area contributed by atoms with Crippen LogP contribution in [0.3, 0.4) is 0 Å². The van der Waals surface area contributed by atoms with Crippen molar-refractivity contribution in [2.45, 2.75) is 20.3 Å². The maximum absolute atomic E-state index is 12.2. The maximum Gasteiger partial charge on any atom is 0.226 e. The summed E-state index contributed by atoms with van der Waals surface area (Å²) >= 11 is 1.64. The topological polar surface area (TPSA) is 87.1 Å². The van der Waals surface area contributed by atoms with Crippen molar-refractivity contribution in [1.82, 2.24) is 9.97 Å². The van der Waals surface area contributed by atoms with E-state index >= 15 is 0 Å². The van der Waals surface area contributed by atoms with Crippen LogP contribution in [-0.2, 0) is 4.79 Å². The predicted octanol–water partition coefficient (Wildman–Crippen LogP) is 5.12. The van der Waals surface area contributed by atoms with Gasteiger partial charge >= 0.3 is 0 Å². The lowest BCUT2D eigenvalue weighted by atomic mass is 10.0. The van der Waals surface area contributed by atoms with Gasteiger partial charge in [0, 0.05) is 29.1 Å². The number of benzene rings is 2. The number of phenols is 1. The first-order valence-corrected chi connectivity index (χ1v) is 10.5. The predicted molar refractivity (Wildman–Crippen MR) is 122 cm³/mol. The molecule has 3 N–H and O–H groups in total. The molecule has 0 bridgehead atoms. The quantitative estimate of drug-likeness (QED) is 0.378. The van der Waals surface area contributed by atoms with Gasteiger partial charge in [-0.05, 0) is 43.7 Å². The molecule has 0 saturated carbocycles. The smallest absolute Gasteiger partial charge is 0.226 e. The van der Waals surface area contributed by atoms with E-state index < -0.39 is 0 Å². The average molecular weight is 419 g/mol. The zero-order chi connectivity index (χ0) is 21.1. The molecular formula is C23H22N4O2S. The number of hydrogen-bond donors (Lipinski definition) is 3. The van der Waals surface area contributed by atoms with Crippen LogP contribution in [0.25, 0.3) is 21.3 Å². The number of rotatable bonds is 6. The molecule has 2 aromatic carbocycles. The van der Waals surface area contributed by atoms with Gasteiger partial charge in [0.2, 0.25) is 5.91 Å². The van der Waals surface area contributed by atoms with Crippen molar-refractivity contribution in [1.29, 1.82) is 0 Å². The minimum Gasteiger partial charge on any atom is -0.508 e. The second-order valence-corrected chi connectivity index (χ2v) is 8.28. The summed E-state index contributed by atoms with van der Waals surface area (Å²) in [6.07, 6.45) is 1.84. The van der Waals surface area contributed by atoms with Gasteiger partial charge < -0.3 is 15.7 Å². The Hall–Kier alpha value is -3.45. The largest absolute Gasteiger partial charge is 0.508 e. The van der Waals surface area contributed by atoms with Gasteiger partial charge in [0.1, 0.15) is 22.7 Å². The molecular weight excluding hydrogens is 396 g/mol. The summed E-state index contributed by atoms with van der Waals surface area (Å²) in [6.45, 7) is 4.61. The summed E-state index contributed by atoms with van der Waals surface area (Å²) in [5, 5.41) is 16.4. The second kappa shape index (κ2) is 8.51. The molecule has 0 aliphatic heterocycles. The maximum atomic E-state index is 12.2. The minimum absolute atomic E-state index is 0.112. The molecule has 152 valence electrons. The highest BCUT2D eigenvalue weighted by atomic mass is 32.1. The lowest BCUT2D eigenvalue weighted by Gasteiger charge is -2.10. The second-order valence-electron chi connectivity index (χ2n) is 7.07. The fourth-order valence-electron chi connectivity index (χ4n) is 3.31. The van der Waals surface area contributed by atoms with E-state index in [-0.39, 0.29) is 18.1 Å². The van der Waals surface area contributed by atoms with Crippen LogP contribution in [0.15, 0.2) is 54.9 Å². The normalized spacial score (nSPS) is 10.9. The van der Waals surface area contributed by atoms with Crippen molar-refractivity contribution in [2.24, 2.45) is 0 Å². The Bertz CT molecular complexity index is 1180. The number of carbonyl (C=O) groups is 1. The van der Waals surface area contributed by atoms with E-state index in [0.29, 0.717) is 12.2 Å². The van der Waals surface area contributed by atoms with Crippen molar-refractivity contribution < 1.29 is 9.90 Å². The number of amides is 1. The van der Waals surface area contributed by atoms with Gasteiger partial charge in [-0.1, -0.05) is 29.8 Å². The highest BCUT2D eigenvalue weighted by molar-refractivity contribution is 7.19. The molecule has 0 fully saturated rings. The van der Waals surface area contributed by atoms with Crippen LogP contribution < -0.4 is 10.6 Å². The van der Waals surface area contributed by atoms with E-state index in [4.69, 9.17) is 0 Å². The fraction of sp³-hybridized carbons (Fsp3) is 0.174. The van der Waals surface area contributed by atoms with Crippen molar-refractivity contribution in [3.05, 3.63) is 65.3 Å². The summed E-state index contributed by atoms with van der Waals surface area (Å²) < 4.78 is 0. The molecule has 0 aliphatic rings. The Labute approximate surface area is 178 Å². The number of fused-ring (bicyclic) bond motifs is 1. The number of hydrogen-bond acceptors (Lipinski definition) is 6. The van der Waals surface area contributed by atoms with E-state index in [1.54, 1.807) is 29.8 Å². The lowest BCUT2D eigenvalue weighted by molar-refractivity contribution is -0.115. The van der Waals surface area contributed by atoms with E-state index in [1.807, 2.05) is 0 Å². The fourth-order valence-corrected chi connectivity index (χ4v) is 4.32. The molecule has 0 atom stereocenters. The number of nitrogens with zero attached hydrogens (tertiary/aromatic N) is 2. The number of thiophene rings is 1. The molecule has 0 spiro atoms. The molecule has 2 heterocycles. The van der Waals surface area contributed by atoms with Gasteiger partial charge in [-0.15, -0.1) is 11.3 Å². The monoisotopic (exact) mass is 418 g/mol. The first-order chi connectivity index (χ1) is 14.5. The summed E-state index contributed by atoms with van der Waals surface area (Å²) in [6, 6.07) is 14.8. The Balaban J connectivity index is 1.51. The van der Waals surface area contributed by atoms with Crippen molar-refractivity contribution >= 4 is 39.0 Å². The van der Waals surface area contributed by atoms with E-state index in [1.165, 1.54) is 22.6 Å². The molecule has 1 amide bonds. The third kappa shape index (κ3) is 4.26. The van der Waals surface area contributed by atoms with E-state index in [0.717, 1.165) is 27.2 Å². The summed E-state index contributed by atoms with van der Waals surface area (Å²) in [5.74, 6) is 0.786. The molecule has 0 saturated heterocycles. The molecule has 0 radical (unpaired) electrons. The zero-order valence-corrected chi connectivity index (χ0v) is 17.6. The Morgan fingerprint density at radius 3 is 2.50 bits per heavy atom. The molecule has 0 aliphatic carbocycles. The lowest BCUT2D eigenvalue weighted by Crippen LogP contribution is -2.16. The first kappa shape index (κ1) is 19.8. The summed E-state index contributed by atoms with van der Waals surface area (Å²) in [7, 11) is 0. The molecule has 4 aromatic rings. The molecule has 30 heavy (non-hydrogen) atoms. The number of carbonyl (C=O) groups excluding carboxylic acids is 1. The van der Waals surface area contributed by atoms with Gasteiger partial charge in [0.05, 0.1) is 5.39 Å². The van der Waals surface area contributed by atoms with Crippen LogP contribution in [0.1, 0.15) is 16.9 Å². The van der Waals surface area contributed by atoms with Gasteiger partial charge in [0.15, 0.2) is 0 Å². The average Bonchev–Trinajstić information content (AvgIpc) is 3.07. The SMILES string of the molecule is Cc1ccc(-c2c(C)sc3ncnc(NCCC(=O)Nc4ccc(O)cc4)c23)cc1. The highest BCUT2D eigenvalue weighted by Gasteiger charge is 2.16. The molecule has 4 rings (SSSR count). The van der Waals surface area contributed by atoms with Gasteiger partial charge in [-0.3, -0.25) is 4.79 Å². The van der Waals surface area contributed by atoms with Gasteiger partial charge in [-0.2, -0.15) is 0 Å². The number of phenolic OH excluding ortho intramolecular Hbond substituents is 1. The standard InChI is InChI=1S/C23H22N4O2S/c1-14-3-5-16(6-4-14)20-15(2)30-23-21(20)22(25-13-26-23)24-12-11-19(29)27-17-7-9-18(28)10-8-17/h3-10,13,28H,11-12H2,1-2H3,(H,27,29)(H,24,25,26). The molecule has 7 heteroatoms.